The fourth-order valence-corrected chi connectivity index (χ4v) is 3.08. The number of aryl methyl sites for hydroxylation is 1. The van der Waals surface area contributed by atoms with Crippen molar-refractivity contribution in [1.29, 1.82) is 0 Å². The Bertz CT molecular complexity index is 871. The maximum absolute atomic E-state index is 6.24. The molecule has 0 bridgehead atoms. The largest absolute Gasteiger partial charge is 0.345 e. The summed E-state index contributed by atoms with van der Waals surface area (Å²) in [5.74, 6) is 0.813. The van der Waals surface area contributed by atoms with E-state index < -0.39 is 0 Å². The average molecular weight is 386 g/mol. The van der Waals surface area contributed by atoms with E-state index in [2.05, 4.69) is 9.97 Å². The molecular formula is C17H12Cl4N2. The highest BCUT2D eigenvalue weighted by molar-refractivity contribution is 6.42. The molecule has 2 nitrogen and oxygen atoms in total. The van der Waals surface area contributed by atoms with Crippen LogP contribution in [0.15, 0.2) is 36.4 Å². The zero-order valence-electron chi connectivity index (χ0n) is 12.1. The van der Waals surface area contributed by atoms with E-state index in [0.717, 1.165) is 28.3 Å². The summed E-state index contributed by atoms with van der Waals surface area (Å²) >= 11 is 24.3. The Morgan fingerprint density at radius 3 is 2.48 bits per heavy atom. The van der Waals surface area contributed by atoms with Gasteiger partial charge < -0.3 is 4.98 Å². The zero-order chi connectivity index (χ0) is 16.6. The summed E-state index contributed by atoms with van der Waals surface area (Å²) in [5.41, 5.74) is 3.64. The Morgan fingerprint density at radius 1 is 0.957 bits per heavy atom. The first-order valence-corrected chi connectivity index (χ1v) is 8.40. The van der Waals surface area contributed by atoms with Crippen LogP contribution in [0.1, 0.15) is 17.1 Å². The monoisotopic (exact) mass is 384 g/mol. The number of nitrogens with one attached hydrogen (secondary N) is 1. The molecule has 1 heterocycles. The molecule has 0 fully saturated rings. The molecule has 0 spiro atoms. The first-order chi connectivity index (χ1) is 11.0. The molecule has 0 saturated carbocycles. The lowest BCUT2D eigenvalue weighted by atomic mass is 10.1. The van der Waals surface area contributed by atoms with E-state index >= 15 is 0 Å². The highest BCUT2D eigenvalue weighted by Gasteiger charge is 2.13. The Morgan fingerprint density at radius 2 is 1.74 bits per heavy atom. The molecule has 0 aliphatic rings. The Kier molecular flexibility index (Phi) is 4.88. The summed E-state index contributed by atoms with van der Waals surface area (Å²) in [6.45, 7) is 1.97. The molecule has 0 saturated heterocycles. The number of H-pyrrole nitrogens is 1. The van der Waals surface area contributed by atoms with E-state index in [9.17, 15) is 0 Å². The first-order valence-electron chi connectivity index (χ1n) is 6.89. The van der Waals surface area contributed by atoms with Gasteiger partial charge in [0.15, 0.2) is 0 Å². The van der Waals surface area contributed by atoms with Crippen molar-refractivity contribution >= 4 is 46.4 Å². The van der Waals surface area contributed by atoms with Gasteiger partial charge in [-0.1, -0.05) is 64.6 Å². The van der Waals surface area contributed by atoms with Crippen LogP contribution in [0.2, 0.25) is 20.1 Å². The van der Waals surface area contributed by atoms with E-state index in [-0.39, 0.29) is 0 Å². The normalized spacial score (nSPS) is 11.0. The summed E-state index contributed by atoms with van der Waals surface area (Å²) in [6, 6.07) is 11.0. The number of halogens is 4. The van der Waals surface area contributed by atoms with Gasteiger partial charge >= 0.3 is 0 Å². The van der Waals surface area contributed by atoms with Gasteiger partial charge in [0.2, 0.25) is 0 Å². The van der Waals surface area contributed by atoms with Crippen molar-refractivity contribution in [2.75, 3.05) is 0 Å². The molecule has 2 aromatic carbocycles. The highest BCUT2D eigenvalue weighted by Crippen LogP contribution is 2.31. The topological polar surface area (TPSA) is 28.7 Å². The third-order valence-corrected chi connectivity index (χ3v) is 5.11. The van der Waals surface area contributed by atoms with Crippen LogP contribution >= 0.6 is 46.4 Å². The fourth-order valence-electron chi connectivity index (χ4n) is 2.40. The predicted octanol–water partition coefficient (Wildman–Crippen LogP) is 6.59. The van der Waals surface area contributed by atoms with Crippen LogP contribution in [-0.4, -0.2) is 9.97 Å². The van der Waals surface area contributed by atoms with Gasteiger partial charge in [0, 0.05) is 17.7 Å². The molecule has 3 aromatic rings. The number of hydrogen-bond donors (Lipinski definition) is 1. The van der Waals surface area contributed by atoms with Gasteiger partial charge in [-0.2, -0.15) is 0 Å². The van der Waals surface area contributed by atoms with Gasteiger partial charge in [0.05, 0.1) is 25.8 Å². The van der Waals surface area contributed by atoms with E-state index in [1.54, 1.807) is 12.1 Å². The number of benzene rings is 2. The second kappa shape index (κ2) is 6.74. The number of hydrogen-bond acceptors (Lipinski definition) is 1. The van der Waals surface area contributed by atoms with Gasteiger partial charge in [-0.05, 0) is 30.7 Å². The fraction of sp³-hybridized carbons (Fsp3) is 0.118. The van der Waals surface area contributed by atoms with Crippen molar-refractivity contribution in [2.45, 2.75) is 13.3 Å². The van der Waals surface area contributed by atoms with E-state index in [1.807, 2.05) is 31.2 Å². The van der Waals surface area contributed by atoms with Gasteiger partial charge in [-0.25, -0.2) is 4.98 Å². The van der Waals surface area contributed by atoms with Crippen LogP contribution in [0, 0.1) is 6.92 Å². The lowest BCUT2D eigenvalue weighted by Crippen LogP contribution is -1.92. The zero-order valence-corrected chi connectivity index (χ0v) is 15.2. The third kappa shape index (κ3) is 3.51. The smallest absolute Gasteiger partial charge is 0.111 e. The standard InChI is InChI=1S/C17H12Cl4N2/c1-9-17(11-5-6-12(18)14(20)7-11)23-15(22-9)8-10-3-2-4-13(19)16(10)21/h2-7H,8H2,1H3,(H,22,23). The molecule has 1 aromatic heterocycles. The van der Waals surface area contributed by atoms with Crippen LogP contribution in [0.4, 0.5) is 0 Å². The van der Waals surface area contributed by atoms with E-state index in [0.29, 0.717) is 26.5 Å². The maximum Gasteiger partial charge on any atom is 0.111 e. The molecule has 3 rings (SSSR count). The Labute approximate surface area is 154 Å². The second-order valence-corrected chi connectivity index (χ2v) is 6.78. The quantitative estimate of drug-likeness (QED) is 0.541. The average Bonchev–Trinajstić information content (AvgIpc) is 2.87. The molecule has 0 unspecified atom stereocenters. The minimum atomic E-state index is 0.506. The number of imidazole rings is 1. The lowest BCUT2D eigenvalue weighted by Gasteiger charge is -2.03. The number of aromatic amines is 1. The first kappa shape index (κ1) is 16.7. The second-order valence-electron chi connectivity index (χ2n) is 5.18. The molecule has 0 aliphatic heterocycles. The Balaban J connectivity index is 1.94. The summed E-state index contributed by atoms with van der Waals surface area (Å²) in [6.07, 6.45) is 0.571. The van der Waals surface area contributed by atoms with Crippen LogP contribution < -0.4 is 0 Å². The van der Waals surface area contributed by atoms with Crippen molar-refractivity contribution < 1.29 is 0 Å². The van der Waals surface area contributed by atoms with Crippen LogP contribution in [0.5, 0.6) is 0 Å². The number of rotatable bonds is 3. The van der Waals surface area contributed by atoms with Crippen molar-refractivity contribution in [1.82, 2.24) is 9.97 Å². The number of aromatic nitrogens is 2. The third-order valence-electron chi connectivity index (χ3n) is 3.52. The molecule has 0 atom stereocenters. The highest BCUT2D eigenvalue weighted by atomic mass is 35.5. The maximum atomic E-state index is 6.24. The molecule has 0 radical (unpaired) electrons. The number of nitrogens with zero attached hydrogens (tertiary/aromatic N) is 1. The summed E-state index contributed by atoms with van der Waals surface area (Å²) in [4.78, 5) is 7.94. The molecule has 0 aliphatic carbocycles. The van der Waals surface area contributed by atoms with Gasteiger partial charge in [0.25, 0.3) is 0 Å². The van der Waals surface area contributed by atoms with Gasteiger partial charge in [0.1, 0.15) is 5.82 Å². The van der Waals surface area contributed by atoms with E-state index in [4.69, 9.17) is 46.4 Å². The van der Waals surface area contributed by atoms with Crippen LogP contribution in [0.3, 0.4) is 0 Å². The molecule has 1 N–H and O–H groups in total. The molecular weight excluding hydrogens is 374 g/mol. The minimum Gasteiger partial charge on any atom is -0.345 e. The van der Waals surface area contributed by atoms with Crippen LogP contribution in [0.25, 0.3) is 11.3 Å². The molecule has 6 heteroatoms. The molecule has 0 amide bonds. The predicted molar refractivity (Wildman–Crippen MR) is 98.0 cm³/mol. The summed E-state index contributed by atoms with van der Waals surface area (Å²) < 4.78 is 0. The van der Waals surface area contributed by atoms with Crippen molar-refractivity contribution in [3.63, 3.8) is 0 Å². The lowest BCUT2D eigenvalue weighted by molar-refractivity contribution is 1.02. The molecule has 118 valence electrons. The summed E-state index contributed by atoms with van der Waals surface area (Å²) in [7, 11) is 0. The van der Waals surface area contributed by atoms with Gasteiger partial charge in [-0.15, -0.1) is 0 Å². The van der Waals surface area contributed by atoms with Crippen LogP contribution in [-0.2, 0) is 6.42 Å². The minimum absolute atomic E-state index is 0.506. The van der Waals surface area contributed by atoms with Crippen molar-refractivity contribution in [3.05, 3.63) is 73.6 Å². The van der Waals surface area contributed by atoms with Crippen molar-refractivity contribution in [3.8, 4) is 11.3 Å². The Hall–Kier alpha value is -1.19. The van der Waals surface area contributed by atoms with Gasteiger partial charge in [-0.3, -0.25) is 0 Å². The molecule has 23 heavy (non-hydrogen) atoms. The summed E-state index contributed by atoms with van der Waals surface area (Å²) in [5, 5.41) is 2.12. The SMILES string of the molecule is Cc1[nH]c(Cc2cccc(Cl)c2Cl)nc1-c1ccc(Cl)c(Cl)c1. The van der Waals surface area contributed by atoms with E-state index in [1.165, 1.54) is 0 Å². The van der Waals surface area contributed by atoms with Crippen molar-refractivity contribution in [2.24, 2.45) is 0 Å².